The summed E-state index contributed by atoms with van der Waals surface area (Å²) in [5.41, 5.74) is 0. The zero-order chi connectivity index (χ0) is 16.0. The fourth-order valence-electron chi connectivity index (χ4n) is 2.10. The number of aliphatic carboxylic acids is 2. The Bertz CT molecular complexity index is 437. The first kappa shape index (κ1) is 16.7. The Morgan fingerprint density at radius 1 is 1.33 bits per heavy atom. The molecule has 0 aromatic rings. The Morgan fingerprint density at radius 3 is 2.52 bits per heavy atom. The van der Waals surface area contributed by atoms with Crippen LogP contribution in [0.3, 0.4) is 0 Å². The molecule has 0 spiro atoms. The van der Waals surface area contributed by atoms with Crippen molar-refractivity contribution in [1.29, 1.82) is 0 Å². The molecule has 1 aliphatic heterocycles. The van der Waals surface area contributed by atoms with Crippen LogP contribution in [0.1, 0.15) is 26.2 Å². The summed E-state index contributed by atoms with van der Waals surface area (Å²) in [4.78, 5) is 46.4. The molecule has 3 N–H and O–H groups in total. The van der Waals surface area contributed by atoms with E-state index in [1.165, 1.54) is 4.90 Å². The van der Waals surface area contributed by atoms with Gasteiger partial charge in [-0.1, -0.05) is 0 Å². The van der Waals surface area contributed by atoms with E-state index >= 15 is 0 Å². The number of nitrogens with one attached hydrogen (secondary N) is 1. The predicted molar refractivity (Wildman–Crippen MR) is 68.6 cm³/mol. The molecular formula is C12H18N2O7. The largest absolute Gasteiger partial charge is 0.481 e. The molecule has 1 heterocycles. The monoisotopic (exact) mass is 302 g/mol. The maximum Gasteiger partial charge on any atom is 0.328 e. The van der Waals surface area contributed by atoms with E-state index in [-0.39, 0.29) is 13.2 Å². The highest BCUT2D eigenvalue weighted by molar-refractivity contribution is 5.88. The van der Waals surface area contributed by atoms with Crippen molar-refractivity contribution in [2.75, 3.05) is 13.2 Å². The Morgan fingerprint density at radius 2 is 2.00 bits per heavy atom. The van der Waals surface area contributed by atoms with Crippen LogP contribution in [0.4, 0.5) is 4.79 Å². The lowest BCUT2D eigenvalue weighted by Gasteiger charge is -2.25. The van der Waals surface area contributed by atoms with Gasteiger partial charge in [0.05, 0.1) is 13.0 Å². The summed E-state index contributed by atoms with van der Waals surface area (Å²) in [6, 6.07) is -3.08. The summed E-state index contributed by atoms with van der Waals surface area (Å²) in [7, 11) is 0. The zero-order valence-electron chi connectivity index (χ0n) is 11.6. The Balaban J connectivity index is 2.70. The van der Waals surface area contributed by atoms with E-state index in [2.05, 4.69) is 5.32 Å². The highest BCUT2D eigenvalue weighted by Crippen LogP contribution is 2.18. The maximum absolute atomic E-state index is 12.0. The average Bonchev–Trinajstić information content (AvgIpc) is 2.86. The molecule has 0 aliphatic carbocycles. The Kier molecular flexibility index (Phi) is 5.94. The number of amides is 2. The lowest BCUT2D eigenvalue weighted by molar-refractivity contribution is -0.147. The molecule has 0 aromatic heterocycles. The molecule has 1 rings (SSSR count). The number of carboxylic acids is 2. The fourth-order valence-corrected chi connectivity index (χ4v) is 2.10. The molecule has 0 saturated carbocycles. The number of rotatable bonds is 6. The second kappa shape index (κ2) is 7.46. The van der Waals surface area contributed by atoms with E-state index in [0.29, 0.717) is 12.8 Å². The summed E-state index contributed by atoms with van der Waals surface area (Å²) >= 11 is 0. The quantitative estimate of drug-likeness (QED) is 0.571. The Labute approximate surface area is 120 Å². The summed E-state index contributed by atoms with van der Waals surface area (Å²) in [5.74, 6) is -3.33. The molecule has 1 fully saturated rings. The molecular weight excluding hydrogens is 284 g/mol. The van der Waals surface area contributed by atoms with Crippen LogP contribution in [0.25, 0.3) is 0 Å². The molecule has 118 valence electrons. The van der Waals surface area contributed by atoms with Gasteiger partial charge in [0.1, 0.15) is 12.1 Å². The molecule has 9 nitrogen and oxygen atoms in total. The molecule has 0 aromatic carbocycles. The maximum atomic E-state index is 12.0. The van der Waals surface area contributed by atoms with E-state index in [9.17, 15) is 19.2 Å². The van der Waals surface area contributed by atoms with E-state index in [1.807, 2.05) is 0 Å². The second-order valence-corrected chi connectivity index (χ2v) is 4.54. The number of nitrogens with zero attached hydrogens (tertiary/aromatic N) is 1. The molecule has 1 unspecified atom stereocenters. The number of carbonyl (C=O) groups excluding carboxylic acids is 2. The van der Waals surface area contributed by atoms with Crippen LogP contribution in [0.2, 0.25) is 0 Å². The van der Waals surface area contributed by atoms with Gasteiger partial charge in [-0.3, -0.25) is 4.79 Å². The van der Waals surface area contributed by atoms with Crippen LogP contribution in [0.5, 0.6) is 0 Å². The van der Waals surface area contributed by atoms with Gasteiger partial charge in [0.25, 0.3) is 0 Å². The minimum atomic E-state index is -1.54. The van der Waals surface area contributed by atoms with Crippen LogP contribution in [0, 0.1) is 0 Å². The fraction of sp³-hybridized carbons (Fsp3) is 0.667. The molecule has 9 heteroatoms. The van der Waals surface area contributed by atoms with Crippen LogP contribution < -0.4 is 5.32 Å². The molecule has 2 amide bonds. The van der Waals surface area contributed by atoms with E-state index in [1.54, 1.807) is 6.92 Å². The first-order valence-corrected chi connectivity index (χ1v) is 6.55. The van der Waals surface area contributed by atoms with Gasteiger partial charge < -0.3 is 25.2 Å². The summed E-state index contributed by atoms with van der Waals surface area (Å²) < 4.78 is 4.85. The Hall–Kier alpha value is -2.32. The van der Waals surface area contributed by atoms with Gasteiger partial charge in [0.15, 0.2) is 0 Å². The third-order valence-electron chi connectivity index (χ3n) is 3.05. The molecule has 1 aliphatic rings. The lowest BCUT2D eigenvalue weighted by Crippen LogP contribution is -2.52. The third kappa shape index (κ3) is 4.62. The van der Waals surface area contributed by atoms with E-state index in [4.69, 9.17) is 14.9 Å². The topological polar surface area (TPSA) is 133 Å². The van der Waals surface area contributed by atoms with Crippen LogP contribution in [-0.4, -0.2) is 64.3 Å². The van der Waals surface area contributed by atoms with Crippen molar-refractivity contribution in [2.45, 2.75) is 38.3 Å². The third-order valence-corrected chi connectivity index (χ3v) is 3.05. The van der Waals surface area contributed by atoms with Gasteiger partial charge in [0.2, 0.25) is 0 Å². The lowest BCUT2D eigenvalue weighted by atomic mass is 10.2. The van der Waals surface area contributed by atoms with Gasteiger partial charge in [-0.2, -0.15) is 0 Å². The van der Waals surface area contributed by atoms with Crippen molar-refractivity contribution in [1.82, 2.24) is 10.2 Å². The highest BCUT2D eigenvalue weighted by atomic mass is 16.5. The number of hydrogen-bond acceptors (Lipinski definition) is 5. The molecule has 0 bridgehead atoms. The van der Waals surface area contributed by atoms with E-state index < -0.39 is 42.4 Å². The molecule has 0 radical (unpaired) electrons. The number of ether oxygens (including phenoxy) is 1. The summed E-state index contributed by atoms with van der Waals surface area (Å²) in [6.07, 6.45) is 0.287. The van der Waals surface area contributed by atoms with Gasteiger partial charge in [0, 0.05) is 6.54 Å². The molecule has 21 heavy (non-hydrogen) atoms. The van der Waals surface area contributed by atoms with E-state index in [0.717, 1.165) is 0 Å². The summed E-state index contributed by atoms with van der Waals surface area (Å²) in [6.45, 7) is 2.11. The smallest absolute Gasteiger partial charge is 0.328 e. The number of hydrogen-bond donors (Lipinski definition) is 3. The predicted octanol–water partition coefficient (Wildman–Crippen LogP) is -0.349. The standard InChI is InChI=1S/C12H18N2O7/c1-2-21-11(19)8-4-3-5-14(8)12(20)13-7(10(17)18)6-9(15)16/h7-8H,2-6H2,1H3,(H,13,20)(H,15,16)(H,17,18)/t7-,8?/m1/s1. The van der Waals surface area contributed by atoms with Crippen molar-refractivity contribution in [2.24, 2.45) is 0 Å². The van der Waals surface area contributed by atoms with Gasteiger partial charge in [-0.15, -0.1) is 0 Å². The first-order valence-electron chi connectivity index (χ1n) is 6.55. The van der Waals surface area contributed by atoms with Gasteiger partial charge in [-0.05, 0) is 19.8 Å². The SMILES string of the molecule is CCOC(=O)C1CCCN1C(=O)N[C@H](CC(=O)O)C(=O)O. The molecule has 2 atom stereocenters. The number of carboxylic acid groups (broad SMARTS) is 2. The number of urea groups is 1. The highest BCUT2D eigenvalue weighted by Gasteiger charge is 2.36. The minimum absolute atomic E-state index is 0.182. The van der Waals surface area contributed by atoms with Crippen molar-refractivity contribution in [3.63, 3.8) is 0 Å². The normalized spacial score (nSPS) is 18.9. The number of carbonyl (C=O) groups is 4. The number of esters is 1. The first-order chi connectivity index (χ1) is 9.86. The van der Waals surface area contributed by atoms with Crippen molar-refractivity contribution in [3.05, 3.63) is 0 Å². The van der Waals surface area contributed by atoms with Crippen LogP contribution in [-0.2, 0) is 19.1 Å². The van der Waals surface area contributed by atoms with Crippen LogP contribution >= 0.6 is 0 Å². The minimum Gasteiger partial charge on any atom is -0.481 e. The second-order valence-electron chi connectivity index (χ2n) is 4.54. The van der Waals surface area contributed by atoms with Crippen LogP contribution in [0.15, 0.2) is 0 Å². The van der Waals surface area contributed by atoms with Gasteiger partial charge in [-0.25, -0.2) is 14.4 Å². The number of likely N-dealkylation sites (tertiary alicyclic amines) is 1. The van der Waals surface area contributed by atoms with Crippen molar-refractivity contribution >= 4 is 23.9 Å². The average molecular weight is 302 g/mol. The van der Waals surface area contributed by atoms with Crippen molar-refractivity contribution in [3.8, 4) is 0 Å². The molecule has 1 saturated heterocycles. The van der Waals surface area contributed by atoms with Crippen molar-refractivity contribution < 1.29 is 34.1 Å². The zero-order valence-corrected chi connectivity index (χ0v) is 11.6. The summed E-state index contributed by atoms with van der Waals surface area (Å²) in [5, 5.41) is 19.6. The van der Waals surface area contributed by atoms with Gasteiger partial charge >= 0.3 is 23.9 Å².